The van der Waals surface area contributed by atoms with Gasteiger partial charge in [-0.05, 0) is 12.1 Å². The summed E-state index contributed by atoms with van der Waals surface area (Å²) in [5, 5.41) is 7.00. The van der Waals surface area contributed by atoms with Gasteiger partial charge in [0.25, 0.3) is 0 Å². The number of rotatable bonds is 0. The van der Waals surface area contributed by atoms with Gasteiger partial charge in [0.15, 0.2) is 0 Å². The van der Waals surface area contributed by atoms with Gasteiger partial charge in [-0.15, -0.1) is 0 Å². The first-order valence-corrected chi connectivity index (χ1v) is 3.06. The van der Waals surface area contributed by atoms with Crippen molar-refractivity contribution in [2.75, 3.05) is 24.3 Å². The molecule has 1 rings (SSSR count). The van der Waals surface area contributed by atoms with E-state index in [-0.39, 0.29) is 0 Å². The molecule has 0 saturated heterocycles. The van der Waals surface area contributed by atoms with Crippen molar-refractivity contribution in [3.05, 3.63) is 18.2 Å². The normalized spacial score (nSPS) is 8.18. The minimum absolute atomic E-state index is 0.470. The van der Waals surface area contributed by atoms with E-state index in [0.717, 1.165) is 7.11 Å². The quantitative estimate of drug-likeness (QED) is 0.397. The minimum Gasteiger partial charge on any atom is -0.400 e. The standard InChI is InChI=1S/C6H9N3.CH4O/c7-4-2-1-3-5(8)6(4)9;1-2/h1-3H,7-9H2;2H,1H3. The van der Waals surface area contributed by atoms with E-state index >= 15 is 0 Å². The predicted molar refractivity (Wildman–Crippen MR) is 47.8 cm³/mol. The second kappa shape index (κ2) is 4.40. The first-order valence-electron chi connectivity index (χ1n) is 3.06. The highest BCUT2D eigenvalue weighted by molar-refractivity contribution is 5.76. The SMILES string of the molecule is CO.Nc1cccc(N)c1N. The second-order valence-electron chi connectivity index (χ2n) is 1.85. The fourth-order valence-electron chi connectivity index (χ4n) is 0.602. The molecule has 11 heavy (non-hydrogen) atoms. The lowest BCUT2D eigenvalue weighted by Gasteiger charge is -2.00. The summed E-state index contributed by atoms with van der Waals surface area (Å²) in [6, 6.07) is 5.19. The zero-order chi connectivity index (χ0) is 8.85. The molecule has 0 unspecified atom stereocenters. The van der Waals surface area contributed by atoms with Crippen molar-refractivity contribution in [2.24, 2.45) is 0 Å². The van der Waals surface area contributed by atoms with Gasteiger partial charge in [0, 0.05) is 7.11 Å². The first kappa shape index (κ1) is 9.58. The lowest BCUT2D eigenvalue weighted by Crippen LogP contribution is -1.98. The van der Waals surface area contributed by atoms with Gasteiger partial charge < -0.3 is 22.3 Å². The molecular weight excluding hydrogens is 142 g/mol. The fraction of sp³-hybridized carbons (Fsp3) is 0.143. The van der Waals surface area contributed by atoms with Crippen LogP contribution in [0.25, 0.3) is 0 Å². The van der Waals surface area contributed by atoms with E-state index < -0.39 is 0 Å². The third-order valence-corrected chi connectivity index (χ3v) is 1.17. The van der Waals surface area contributed by atoms with Gasteiger partial charge >= 0.3 is 0 Å². The van der Waals surface area contributed by atoms with Crippen LogP contribution in [-0.4, -0.2) is 12.2 Å². The van der Waals surface area contributed by atoms with Gasteiger partial charge in [0.05, 0.1) is 17.1 Å². The molecule has 0 aliphatic carbocycles. The van der Waals surface area contributed by atoms with Gasteiger partial charge in [-0.2, -0.15) is 0 Å². The van der Waals surface area contributed by atoms with Gasteiger partial charge in [-0.1, -0.05) is 6.07 Å². The van der Waals surface area contributed by atoms with Crippen molar-refractivity contribution in [3.63, 3.8) is 0 Å². The number of aliphatic hydroxyl groups excluding tert-OH is 1. The molecule has 0 heterocycles. The number of para-hydroxylation sites is 1. The maximum atomic E-state index is 7.00. The average Bonchev–Trinajstić information content (AvgIpc) is 2.04. The Morgan fingerprint density at radius 1 is 1.00 bits per heavy atom. The number of anilines is 3. The van der Waals surface area contributed by atoms with Crippen LogP contribution in [0.4, 0.5) is 17.1 Å². The average molecular weight is 155 g/mol. The molecule has 0 aliphatic rings. The van der Waals surface area contributed by atoms with Crippen LogP contribution < -0.4 is 17.2 Å². The molecule has 4 heteroatoms. The highest BCUT2D eigenvalue weighted by Crippen LogP contribution is 2.20. The van der Waals surface area contributed by atoms with Crippen LogP contribution >= 0.6 is 0 Å². The summed E-state index contributed by atoms with van der Waals surface area (Å²) in [5.41, 5.74) is 17.8. The van der Waals surface area contributed by atoms with Gasteiger partial charge in [-0.3, -0.25) is 0 Å². The number of hydrogen-bond donors (Lipinski definition) is 4. The number of nitrogen functional groups attached to an aromatic ring is 3. The zero-order valence-corrected chi connectivity index (χ0v) is 6.41. The van der Waals surface area contributed by atoms with Crippen molar-refractivity contribution >= 4 is 17.1 Å². The number of aliphatic hydroxyl groups is 1. The Hall–Kier alpha value is -1.42. The molecule has 0 atom stereocenters. The van der Waals surface area contributed by atoms with Crippen molar-refractivity contribution in [1.29, 1.82) is 0 Å². The van der Waals surface area contributed by atoms with Crippen LogP contribution in [0, 0.1) is 0 Å². The molecular formula is C7H13N3O. The molecule has 0 spiro atoms. The summed E-state index contributed by atoms with van der Waals surface area (Å²) < 4.78 is 0. The predicted octanol–water partition coefficient (Wildman–Crippen LogP) is 0.0417. The third-order valence-electron chi connectivity index (χ3n) is 1.17. The maximum Gasteiger partial charge on any atom is 0.0781 e. The second-order valence-corrected chi connectivity index (χ2v) is 1.85. The number of hydrogen-bond acceptors (Lipinski definition) is 4. The summed E-state index contributed by atoms with van der Waals surface area (Å²) in [6.45, 7) is 0. The lowest BCUT2D eigenvalue weighted by atomic mass is 10.2. The molecule has 0 aromatic heterocycles. The van der Waals surface area contributed by atoms with Crippen molar-refractivity contribution in [3.8, 4) is 0 Å². The Bertz CT molecular complexity index is 205. The lowest BCUT2D eigenvalue weighted by molar-refractivity contribution is 0.399. The van der Waals surface area contributed by atoms with Crippen LogP contribution in [0.5, 0.6) is 0 Å². The molecule has 7 N–H and O–H groups in total. The van der Waals surface area contributed by atoms with Crippen LogP contribution in [0.15, 0.2) is 18.2 Å². The highest BCUT2D eigenvalue weighted by Gasteiger charge is 1.94. The molecule has 1 aromatic carbocycles. The smallest absolute Gasteiger partial charge is 0.0781 e. The van der Waals surface area contributed by atoms with Crippen molar-refractivity contribution in [1.82, 2.24) is 0 Å². The summed E-state index contributed by atoms with van der Waals surface area (Å²) >= 11 is 0. The molecule has 4 nitrogen and oxygen atoms in total. The van der Waals surface area contributed by atoms with E-state index in [0.29, 0.717) is 17.1 Å². The largest absolute Gasteiger partial charge is 0.400 e. The van der Waals surface area contributed by atoms with Crippen LogP contribution in [-0.2, 0) is 0 Å². The van der Waals surface area contributed by atoms with Gasteiger partial charge in [0.1, 0.15) is 0 Å². The van der Waals surface area contributed by atoms with Crippen LogP contribution in [0.1, 0.15) is 0 Å². The molecule has 0 bridgehead atoms. The Morgan fingerprint density at radius 3 is 1.64 bits per heavy atom. The maximum absolute atomic E-state index is 7.00. The molecule has 0 aliphatic heterocycles. The van der Waals surface area contributed by atoms with Crippen LogP contribution in [0.2, 0.25) is 0 Å². The van der Waals surface area contributed by atoms with E-state index in [1.807, 2.05) is 0 Å². The molecule has 1 aromatic rings. The summed E-state index contributed by atoms with van der Waals surface area (Å²) in [6.07, 6.45) is 0. The Balaban J connectivity index is 0.000000461. The molecule has 62 valence electrons. The third kappa shape index (κ3) is 2.35. The van der Waals surface area contributed by atoms with Gasteiger partial charge in [-0.25, -0.2) is 0 Å². The summed E-state index contributed by atoms with van der Waals surface area (Å²) in [7, 11) is 1.00. The number of nitrogens with two attached hydrogens (primary N) is 3. The van der Waals surface area contributed by atoms with Gasteiger partial charge in [0.2, 0.25) is 0 Å². The van der Waals surface area contributed by atoms with E-state index in [4.69, 9.17) is 22.3 Å². The van der Waals surface area contributed by atoms with Crippen molar-refractivity contribution < 1.29 is 5.11 Å². The van der Waals surface area contributed by atoms with Crippen molar-refractivity contribution in [2.45, 2.75) is 0 Å². The topological polar surface area (TPSA) is 98.3 Å². The minimum atomic E-state index is 0.470. The van der Waals surface area contributed by atoms with E-state index in [1.54, 1.807) is 18.2 Å². The number of benzene rings is 1. The molecule has 0 amide bonds. The fourth-order valence-corrected chi connectivity index (χ4v) is 0.602. The zero-order valence-electron chi connectivity index (χ0n) is 6.41. The highest BCUT2D eigenvalue weighted by atomic mass is 16.2. The van der Waals surface area contributed by atoms with E-state index in [2.05, 4.69) is 0 Å². The molecule has 0 fully saturated rings. The monoisotopic (exact) mass is 155 g/mol. The Labute approximate surface area is 65.6 Å². The Kier molecular flexibility index (Phi) is 3.84. The Morgan fingerprint density at radius 2 is 1.36 bits per heavy atom. The molecule has 0 saturated carbocycles. The summed E-state index contributed by atoms with van der Waals surface area (Å²) in [4.78, 5) is 0. The molecule has 0 radical (unpaired) electrons. The van der Waals surface area contributed by atoms with E-state index in [9.17, 15) is 0 Å². The summed E-state index contributed by atoms with van der Waals surface area (Å²) in [5.74, 6) is 0. The first-order chi connectivity index (χ1) is 5.22. The van der Waals surface area contributed by atoms with E-state index in [1.165, 1.54) is 0 Å². The van der Waals surface area contributed by atoms with Crippen LogP contribution in [0.3, 0.4) is 0 Å².